The van der Waals surface area contributed by atoms with E-state index in [0.717, 1.165) is 11.3 Å². The van der Waals surface area contributed by atoms with Gasteiger partial charge in [-0.25, -0.2) is 8.42 Å². The van der Waals surface area contributed by atoms with Crippen LogP contribution in [0.25, 0.3) is 5.69 Å². The number of hydrogen-bond acceptors (Lipinski definition) is 2. The summed E-state index contributed by atoms with van der Waals surface area (Å²) in [5.74, 6) is 0.394. The zero-order chi connectivity index (χ0) is 18.6. The van der Waals surface area contributed by atoms with Crippen molar-refractivity contribution in [2.24, 2.45) is 0 Å². The number of para-hydroxylation sites is 2. The maximum atomic E-state index is 13.3. The molecule has 0 atom stereocenters. The van der Waals surface area contributed by atoms with Crippen LogP contribution in [-0.4, -0.2) is 25.4 Å². The van der Waals surface area contributed by atoms with Crippen LogP contribution in [0.1, 0.15) is 12.0 Å². The fourth-order valence-electron chi connectivity index (χ4n) is 2.80. The molecule has 1 aromatic heterocycles. The first-order valence-corrected chi connectivity index (χ1v) is 10.4. The van der Waals surface area contributed by atoms with Crippen molar-refractivity contribution < 1.29 is 8.42 Å². The summed E-state index contributed by atoms with van der Waals surface area (Å²) in [4.78, 5) is 0.278. The summed E-state index contributed by atoms with van der Waals surface area (Å²) < 4.78 is 30.1. The third kappa shape index (κ3) is 3.79. The van der Waals surface area contributed by atoms with E-state index in [1.807, 2.05) is 72.4 Å². The zero-order valence-electron chi connectivity index (χ0n) is 14.5. The van der Waals surface area contributed by atoms with Crippen molar-refractivity contribution in [2.45, 2.75) is 18.2 Å². The third-order valence-electron chi connectivity index (χ3n) is 4.14. The van der Waals surface area contributed by atoms with Crippen LogP contribution in [0.2, 0.25) is 0 Å². The highest BCUT2D eigenvalue weighted by molar-refractivity contribution is 7.92. The van der Waals surface area contributed by atoms with E-state index in [1.165, 1.54) is 4.31 Å². The summed E-state index contributed by atoms with van der Waals surface area (Å²) >= 11 is 5.86. The van der Waals surface area contributed by atoms with Gasteiger partial charge in [0.25, 0.3) is 10.0 Å². The predicted molar refractivity (Wildman–Crippen MR) is 107 cm³/mol. The van der Waals surface area contributed by atoms with Crippen molar-refractivity contribution in [1.82, 2.24) is 4.57 Å². The summed E-state index contributed by atoms with van der Waals surface area (Å²) in [5, 5.41) is 0. The van der Waals surface area contributed by atoms with Gasteiger partial charge in [0.15, 0.2) is 0 Å². The van der Waals surface area contributed by atoms with E-state index in [9.17, 15) is 8.42 Å². The smallest absolute Gasteiger partial charge is 0.264 e. The first-order valence-electron chi connectivity index (χ1n) is 8.42. The van der Waals surface area contributed by atoms with Gasteiger partial charge in [-0.2, -0.15) is 0 Å². The van der Waals surface area contributed by atoms with Gasteiger partial charge >= 0.3 is 0 Å². The predicted octanol–water partition coefficient (Wildman–Crippen LogP) is 4.61. The second-order valence-corrected chi connectivity index (χ2v) is 8.25. The summed E-state index contributed by atoms with van der Waals surface area (Å²) in [6, 6.07) is 18.2. The summed E-state index contributed by atoms with van der Waals surface area (Å²) in [7, 11) is -3.70. The molecular formula is C20H21ClN2O2S. The first-order chi connectivity index (χ1) is 12.5. The molecule has 1 heterocycles. The molecule has 0 aliphatic rings. The summed E-state index contributed by atoms with van der Waals surface area (Å²) in [6.07, 6.45) is 4.36. The van der Waals surface area contributed by atoms with E-state index in [4.69, 9.17) is 11.6 Å². The first kappa shape index (κ1) is 18.5. The maximum absolute atomic E-state index is 13.3. The Labute approximate surface area is 159 Å². The Morgan fingerprint density at radius 1 is 0.962 bits per heavy atom. The third-order valence-corrected chi connectivity index (χ3v) is 6.23. The van der Waals surface area contributed by atoms with Crippen LogP contribution in [0.3, 0.4) is 0 Å². The highest BCUT2D eigenvalue weighted by Crippen LogP contribution is 2.30. The molecule has 0 amide bonds. The Morgan fingerprint density at radius 3 is 2.27 bits per heavy atom. The number of nitrogens with zero attached hydrogens (tertiary/aromatic N) is 2. The number of rotatable bonds is 7. The Hall–Kier alpha value is -2.24. The fraction of sp³-hybridized carbons (Fsp3) is 0.200. The Kier molecular flexibility index (Phi) is 5.69. The Balaban J connectivity index is 2.11. The molecule has 0 aliphatic carbocycles. The van der Waals surface area contributed by atoms with Gasteiger partial charge < -0.3 is 4.57 Å². The largest absolute Gasteiger partial charge is 0.322 e. The number of halogens is 1. The monoisotopic (exact) mass is 388 g/mol. The van der Waals surface area contributed by atoms with Gasteiger partial charge in [-0.3, -0.25) is 4.31 Å². The number of alkyl halides is 1. The van der Waals surface area contributed by atoms with Crippen LogP contribution in [0.4, 0.5) is 5.69 Å². The molecule has 0 radical (unpaired) electrons. The lowest BCUT2D eigenvalue weighted by atomic mass is 10.2. The molecule has 0 fully saturated rings. The molecule has 3 aromatic rings. The van der Waals surface area contributed by atoms with Crippen molar-refractivity contribution >= 4 is 27.3 Å². The number of hydrogen-bond donors (Lipinski definition) is 0. The second kappa shape index (κ2) is 7.98. The summed E-state index contributed by atoms with van der Waals surface area (Å²) in [6.45, 7) is 2.25. The minimum atomic E-state index is -3.70. The number of sulfonamides is 1. The average molecular weight is 389 g/mol. The standard InChI is InChI=1S/C20H21ClN2O2S/c1-17-9-11-18(12-10-17)26(24,25)23(16-6-13-21)20-8-3-2-7-19(20)22-14-4-5-15-22/h2-5,7-12,14-15H,6,13,16H2,1H3. The maximum Gasteiger partial charge on any atom is 0.264 e. The molecule has 2 aromatic carbocycles. The van der Waals surface area contributed by atoms with Gasteiger partial charge in [0.2, 0.25) is 0 Å². The normalized spacial score (nSPS) is 11.5. The molecule has 0 saturated carbocycles. The van der Waals surface area contributed by atoms with Gasteiger partial charge in [0, 0.05) is 24.8 Å². The van der Waals surface area contributed by atoms with Crippen LogP contribution in [0.5, 0.6) is 0 Å². The van der Waals surface area contributed by atoms with Crippen LogP contribution < -0.4 is 4.31 Å². The number of anilines is 1. The van der Waals surface area contributed by atoms with E-state index in [-0.39, 0.29) is 4.90 Å². The van der Waals surface area contributed by atoms with Gasteiger partial charge in [-0.1, -0.05) is 29.8 Å². The van der Waals surface area contributed by atoms with Gasteiger partial charge in [-0.05, 0) is 49.7 Å². The quantitative estimate of drug-likeness (QED) is 0.554. The van der Waals surface area contributed by atoms with E-state index in [0.29, 0.717) is 24.5 Å². The van der Waals surface area contributed by atoms with E-state index in [1.54, 1.807) is 12.1 Å². The Morgan fingerprint density at radius 2 is 1.62 bits per heavy atom. The number of benzene rings is 2. The van der Waals surface area contributed by atoms with E-state index in [2.05, 4.69) is 0 Å². The van der Waals surface area contributed by atoms with Gasteiger partial charge in [0.1, 0.15) is 0 Å². The van der Waals surface area contributed by atoms with Crippen LogP contribution >= 0.6 is 11.6 Å². The van der Waals surface area contributed by atoms with Crippen molar-refractivity contribution in [2.75, 3.05) is 16.7 Å². The molecule has 0 saturated heterocycles. The molecule has 0 aliphatic heterocycles. The molecule has 0 N–H and O–H groups in total. The van der Waals surface area contributed by atoms with Crippen LogP contribution in [-0.2, 0) is 10.0 Å². The number of aryl methyl sites for hydroxylation is 1. The van der Waals surface area contributed by atoms with Crippen molar-refractivity contribution in [1.29, 1.82) is 0 Å². The highest BCUT2D eigenvalue weighted by Gasteiger charge is 2.26. The lowest BCUT2D eigenvalue weighted by Crippen LogP contribution is -2.33. The summed E-state index contributed by atoms with van der Waals surface area (Å²) in [5.41, 5.74) is 2.46. The topological polar surface area (TPSA) is 42.3 Å². The van der Waals surface area contributed by atoms with Gasteiger partial charge in [0.05, 0.1) is 16.3 Å². The van der Waals surface area contributed by atoms with Gasteiger partial charge in [-0.15, -0.1) is 11.6 Å². The lowest BCUT2D eigenvalue weighted by molar-refractivity contribution is 0.590. The SMILES string of the molecule is Cc1ccc(S(=O)(=O)N(CCCCl)c2ccccc2-n2cccc2)cc1. The average Bonchev–Trinajstić information content (AvgIpc) is 3.17. The van der Waals surface area contributed by atoms with Crippen molar-refractivity contribution in [3.05, 3.63) is 78.6 Å². The molecule has 0 unspecified atom stereocenters. The second-order valence-electron chi connectivity index (χ2n) is 6.01. The molecule has 136 valence electrons. The molecule has 6 heteroatoms. The molecule has 0 spiro atoms. The minimum Gasteiger partial charge on any atom is -0.322 e. The highest BCUT2D eigenvalue weighted by atomic mass is 35.5. The van der Waals surface area contributed by atoms with Crippen molar-refractivity contribution in [3.8, 4) is 5.69 Å². The fourth-order valence-corrected chi connectivity index (χ4v) is 4.44. The van der Waals surface area contributed by atoms with Crippen LogP contribution in [0, 0.1) is 6.92 Å². The van der Waals surface area contributed by atoms with Crippen LogP contribution in [0.15, 0.2) is 78.0 Å². The van der Waals surface area contributed by atoms with E-state index < -0.39 is 10.0 Å². The molecule has 3 rings (SSSR count). The van der Waals surface area contributed by atoms with Crippen molar-refractivity contribution in [3.63, 3.8) is 0 Å². The minimum absolute atomic E-state index is 0.278. The molecular weight excluding hydrogens is 368 g/mol. The molecule has 26 heavy (non-hydrogen) atoms. The molecule has 0 bridgehead atoms. The lowest BCUT2D eigenvalue weighted by Gasteiger charge is -2.26. The Bertz CT molecular complexity index is 952. The zero-order valence-corrected chi connectivity index (χ0v) is 16.1. The number of aromatic nitrogens is 1. The van der Waals surface area contributed by atoms with E-state index >= 15 is 0 Å². The molecule has 4 nitrogen and oxygen atoms in total.